The molecule has 0 aromatic heterocycles. The lowest BCUT2D eigenvalue weighted by atomic mass is 10.1. The van der Waals surface area contributed by atoms with Crippen LogP contribution in [0.4, 0.5) is 5.69 Å². The number of nitriles is 1. The second-order valence-corrected chi connectivity index (χ2v) is 7.50. The van der Waals surface area contributed by atoms with E-state index in [9.17, 15) is 10.1 Å². The van der Waals surface area contributed by atoms with Crippen LogP contribution in [0.2, 0.25) is 10.0 Å². The molecule has 1 N–H and O–H groups in total. The molecule has 0 radical (unpaired) electrons. The number of benzene rings is 2. The highest BCUT2D eigenvalue weighted by atomic mass is 35.5. The number of piperazine rings is 1. The number of carbonyl (C=O) groups is 1. The van der Waals surface area contributed by atoms with Gasteiger partial charge in [0.25, 0.3) is 5.91 Å². The summed E-state index contributed by atoms with van der Waals surface area (Å²) in [6.45, 7) is 3.46. The van der Waals surface area contributed by atoms with Gasteiger partial charge >= 0.3 is 0 Å². The van der Waals surface area contributed by atoms with Gasteiger partial charge in [-0.2, -0.15) is 5.26 Å². The zero-order valence-corrected chi connectivity index (χ0v) is 18.3. The summed E-state index contributed by atoms with van der Waals surface area (Å²) in [7, 11) is 2.92. The molecule has 1 saturated heterocycles. The maximum Gasteiger partial charge on any atom is 0.252 e. The lowest BCUT2D eigenvalue weighted by Crippen LogP contribution is -2.50. The van der Waals surface area contributed by atoms with E-state index in [1.807, 2.05) is 18.2 Å². The predicted molar refractivity (Wildman–Crippen MR) is 117 cm³/mol. The average molecular weight is 449 g/mol. The van der Waals surface area contributed by atoms with E-state index in [4.69, 9.17) is 32.7 Å². The SMILES string of the molecule is COc1cc(C(=O)NCN2CCN(c3cccc(Cl)c3Cl)CC2)cc(C#N)c1OC. The van der Waals surface area contributed by atoms with Gasteiger partial charge < -0.3 is 19.7 Å². The first-order valence-electron chi connectivity index (χ1n) is 9.34. The second-order valence-electron chi connectivity index (χ2n) is 6.71. The van der Waals surface area contributed by atoms with Crippen molar-refractivity contribution < 1.29 is 14.3 Å². The fourth-order valence-corrected chi connectivity index (χ4v) is 3.76. The molecule has 9 heteroatoms. The predicted octanol–water partition coefficient (Wildman–Crippen LogP) is 3.39. The fraction of sp³-hybridized carbons (Fsp3) is 0.333. The molecular weight excluding hydrogens is 427 g/mol. The Morgan fingerprint density at radius 1 is 1.17 bits per heavy atom. The average Bonchev–Trinajstić information content (AvgIpc) is 2.78. The number of rotatable bonds is 6. The van der Waals surface area contributed by atoms with Gasteiger partial charge in [0.2, 0.25) is 0 Å². The third-order valence-electron chi connectivity index (χ3n) is 4.97. The molecule has 1 amide bonds. The number of methoxy groups -OCH3 is 2. The number of nitrogens with zero attached hydrogens (tertiary/aromatic N) is 3. The highest BCUT2D eigenvalue weighted by Crippen LogP contribution is 2.33. The monoisotopic (exact) mass is 448 g/mol. The van der Waals surface area contributed by atoms with Crippen molar-refractivity contribution in [3.8, 4) is 17.6 Å². The molecule has 0 saturated carbocycles. The van der Waals surface area contributed by atoms with Crippen LogP contribution in [0.15, 0.2) is 30.3 Å². The fourth-order valence-electron chi connectivity index (χ4n) is 3.35. The summed E-state index contributed by atoms with van der Waals surface area (Å²) in [5.74, 6) is 0.369. The third kappa shape index (κ3) is 4.73. The molecule has 1 fully saturated rings. The molecule has 7 nitrogen and oxygen atoms in total. The van der Waals surface area contributed by atoms with Crippen molar-refractivity contribution >= 4 is 34.8 Å². The van der Waals surface area contributed by atoms with E-state index in [0.717, 1.165) is 31.9 Å². The summed E-state index contributed by atoms with van der Waals surface area (Å²) < 4.78 is 10.4. The maximum absolute atomic E-state index is 12.6. The quantitative estimate of drug-likeness (QED) is 0.729. The van der Waals surface area contributed by atoms with Gasteiger partial charge in [-0.1, -0.05) is 29.3 Å². The number of amides is 1. The van der Waals surface area contributed by atoms with Crippen LogP contribution in [0.3, 0.4) is 0 Å². The van der Waals surface area contributed by atoms with Crippen LogP contribution in [0, 0.1) is 11.3 Å². The summed E-state index contributed by atoms with van der Waals surface area (Å²) in [4.78, 5) is 16.9. The topological polar surface area (TPSA) is 77.8 Å². The normalized spacial score (nSPS) is 14.2. The summed E-state index contributed by atoms with van der Waals surface area (Å²) in [6.07, 6.45) is 0. The van der Waals surface area contributed by atoms with Gasteiger partial charge in [0.05, 0.1) is 42.2 Å². The van der Waals surface area contributed by atoms with Crippen molar-refractivity contribution in [3.05, 3.63) is 51.5 Å². The van der Waals surface area contributed by atoms with E-state index in [1.54, 1.807) is 12.1 Å². The Balaban J connectivity index is 1.59. The lowest BCUT2D eigenvalue weighted by molar-refractivity contribution is 0.0919. The standard InChI is InChI=1S/C21H22Cl2N4O3/c1-29-18-11-14(10-15(12-24)20(18)30-2)21(28)25-13-26-6-8-27(9-7-26)17-5-3-4-16(22)19(17)23/h3-5,10-11H,6-9,13H2,1-2H3,(H,25,28). The maximum atomic E-state index is 12.6. The van der Waals surface area contributed by atoms with E-state index >= 15 is 0 Å². The van der Waals surface area contributed by atoms with Gasteiger partial charge in [0.15, 0.2) is 11.5 Å². The molecule has 1 heterocycles. The number of anilines is 1. The number of hydrogen-bond donors (Lipinski definition) is 1. The number of hydrogen-bond acceptors (Lipinski definition) is 6. The molecule has 0 unspecified atom stereocenters. The van der Waals surface area contributed by atoms with Crippen molar-refractivity contribution in [1.82, 2.24) is 10.2 Å². The van der Waals surface area contributed by atoms with Gasteiger partial charge in [0.1, 0.15) is 6.07 Å². The first-order valence-corrected chi connectivity index (χ1v) is 10.1. The molecule has 0 spiro atoms. The molecule has 1 aliphatic heterocycles. The van der Waals surface area contributed by atoms with Crippen LogP contribution >= 0.6 is 23.2 Å². The molecule has 0 bridgehead atoms. The Bertz CT molecular complexity index is 969. The van der Waals surface area contributed by atoms with E-state index in [-0.39, 0.29) is 11.5 Å². The molecule has 2 aromatic carbocycles. The van der Waals surface area contributed by atoms with Gasteiger partial charge in [-0.3, -0.25) is 9.69 Å². The summed E-state index contributed by atoms with van der Waals surface area (Å²) >= 11 is 12.4. The molecule has 3 rings (SSSR count). The zero-order chi connectivity index (χ0) is 21.7. The third-order valence-corrected chi connectivity index (χ3v) is 5.78. The van der Waals surface area contributed by atoms with Gasteiger partial charge in [0, 0.05) is 31.7 Å². The Morgan fingerprint density at radius 2 is 1.90 bits per heavy atom. The van der Waals surface area contributed by atoms with E-state index in [0.29, 0.717) is 33.8 Å². The Kier molecular flexibility index (Phi) is 7.27. The van der Waals surface area contributed by atoms with Crippen molar-refractivity contribution in [3.63, 3.8) is 0 Å². The number of halogens is 2. The van der Waals surface area contributed by atoms with Crippen molar-refractivity contribution in [1.29, 1.82) is 5.26 Å². The number of carbonyl (C=O) groups excluding carboxylic acids is 1. The van der Waals surface area contributed by atoms with Crippen LogP contribution < -0.4 is 19.7 Å². The largest absolute Gasteiger partial charge is 0.493 e. The minimum atomic E-state index is -0.284. The van der Waals surface area contributed by atoms with E-state index < -0.39 is 0 Å². The smallest absolute Gasteiger partial charge is 0.252 e. The number of nitrogens with one attached hydrogen (secondary N) is 1. The molecule has 2 aromatic rings. The second kappa shape index (κ2) is 9.90. The van der Waals surface area contributed by atoms with E-state index in [1.165, 1.54) is 20.3 Å². The minimum absolute atomic E-state index is 0.244. The number of ether oxygens (including phenoxy) is 2. The van der Waals surface area contributed by atoms with Crippen LogP contribution in [0.5, 0.6) is 11.5 Å². The van der Waals surface area contributed by atoms with E-state index in [2.05, 4.69) is 15.1 Å². The highest BCUT2D eigenvalue weighted by molar-refractivity contribution is 6.43. The lowest BCUT2D eigenvalue weighted by Gasteiger charge is -2.36. The molecule has 0 aliphatic carbocycles. The molecule has 158 valence electrons. The van der Waals surface area contributed by atoms with Crippen LogP contribution in [-0.4, -0.2) is 57.9 Å². The van der Waals surface area contributed by atoms with Crippen molar-refractivity contribution in [2.45, 2.75) is 0 Å². The van der Waals surface area contributed by atoms with Crippen LogP contribution in [0.1, 0.15) is 15.9 Å². The Labute approximate surface area is 185 Å². The molecular formula is C21H22Cl2N4O3. The Hall–Kier alpha value is -2.66. The molecule has 30 heavy (non-hydrogen) atoms. The summed E-state index contributed by atoms with van der Waals surface area (Å²) in [5, 5.41) is 13.3. The first kappa shape index (κ1) is 22.0. The van der Waals surface area contributed by atoms with Crippen molar-refractivity contribution in [2.75, 3.05) is 52.0 Å². The van der Waals surface area contributed by atoms with Crippen molar-refractivity contribution in [2.24, 2.45) is 0 Å². The van der Waals surface area contributed by atoms with Gasteiger partial charge in [-0.05, 0) is 24.3 Å². The molecule has 1 aliphatic rings. The minimum Gasteiger partial charge on any atom is -0.493 e. The van der Waals surface area contributed by atoms with Gasteiger partial charge in [-0.15, -0.1) is 0 Å². The highest BCUT2D eigenvalue weighted by Gasteiger charge is 2.21. The first-order chi connectivity index (χ1) is 14.5. The molecule has 0 atom stereocenters. The Morgan fingerprint density at radius 3 is 2.53 bits per heavy atom. The van der Waals surface area contributed by atoms with Gasteiger partial charge in [-0.25, -0.2) is 0 Å². The zero-order valence-electron chi connectivity index (χ0n) is 16.7. The van der Waals surface area contributed by atoms with Crippen LogP contribution in [-0.2, 0) is 0 Å². The summed E-state index contributed by atoms with van der Waals surface area (Å²) in [6, 6.07) is 10.7. The van der Waals surface area contributed by atoms with Crippen LogP contribution in [0.25, 0.3) is 0 Å². The summed E-state index contributed by atoms with van der Waals surface area (Å²) in [5.41, 5.74) is 1.50.